The summed E-state index contributed by atoms with van der Waals surface area (Å²) in [5.74, 6) is 1.03. The summed E-state index contributed by atoms with van der Waals surface area (Å²) >= 11 is 0. The van der Waals surface area contributed by atoms with Crippen LogP contribution in [0.3, 0.4) is 0 Å². The highest BCUT2D eigenvalue weighted by atomic mass is 16.1. The van der Waals surface area contributed by atoms with Gasteiger partial charge in [0.05, 0.1) is 0 Å². The first kappa shape index (κ1) is 16.5. The number of amides is 1. The largest absolute Gasteiger partial charge is 0.353 e. The Kier molecular flexibility index (Phi) is 8.11. The van der Waals surface area contributed by atoms with Gasteiger partial charge in [-0.25, -0.2) is 0 Å². The smallest absolute Gasteiger partial charge is 0.223 e. The Morgan fingerprint density at radius 3 is 2.79 bits per heavy atom. The second-order valence-electron chi connectivity index (χ2n) is 6.22. The predicted molar refractivity (Wildman–Crippen MR) is 80.9 cm³/mol. The maximum absolute atomic E-state index is 12.2. The van der Waals surface area contributed by atoms with Gasteiger partial charge in [-0.3, -0.25) is 4.79 Å². The number of hydrogen-bond donors (Lipinski definition) is 2. The van der Waals surface area contributed by atoms with Crippen molar-refractivity contribution in [1.29, 1.82) is 0 Å². The third kappa shape index (κ3) is 6.42. The van der Waals surface area contributed by atoms with Gasteiger partial charge in [-0.1, -0.05) is 39.0 Å². The van der Waals surface area contributed by atoms with Crippen LogP contribution in [0.1, 0.15) is 71.6 Å². The Morgan fingerprint density at radius 2 is 2.11 bits per heavy atom. The van der Waals surface area contributed by atoms with E-state index in [1.54, 1.807) is 0 Å². The standard InChI is InChI=1S/C16H32N2O/c1-3-4-5-6-8-13(2)18-16(19)15-10-7-9-14(11-15)12-17/h13-15H,3-12,17H2,1-2H3,(H,18,19). The Hall–Kier alpha value is -0.570. The van der Waals surface area contributed by atoms with Gasteiger partial charge in [0.15, 0.2) is 0 Å². The van der Waals surface area contributed by atoms with Crippen molar-refractivity contribution in [2.75, 3.05) is 6.54 Å². The fourth-order valence-corrected chi connectivity index (χ4v) is 3.05. The first-order chi connectivity index (χ1) is 9.17. The van der Waals surface area contributed by atoms with E-state index in [4.69, 9.17) is 5.73 Å². The molecule has 3 unspecified atom stereocenters. The second-order valence-corrected chi connectivity index (χ2v) is 6.22. The van der Waals surface area contributed by atoms with Crippen molar-refractivity contribution in [2.45, 2.75) is 77.7 Å². The van der Waals surface area contributed by atoms with E-state index < -0.39 is 0 Å². The molecular weight excluding hydrogens is 236 g/mol. The maximum Gasteiger partial charge on any atom is 0.223 e. The van der Waals surface area contributed by atoms with Crippen molar-refractivity contribution in [2.24, 2.45) is 17.6 Å². The van der Waals surface area contributed by atoms with Crippen LogP contribution in [0.5, 0.6) is 0 Å². The summed E-state index contributed by atoms with van der Waals surface area (Å²) in [5.41, 5.74) is 5.73. The van der Waals surface area contributed by atoms with Gasteiger partial charge in [-0.2, -0.15) is 0 Å². The SMILES string of the molecule is CCCCCCC(C)NC(=O)C1CCCC(CN)C1. The molecule has 3 N–H and O–H groups in total. The molecule has 0 bridgehead atoms. The van der Waals surface area contributed by atoms with E-state index in [9.17, 15) is 4.79 Å². The van der Waals surface area contributed by atoms with Crippen LogP contribution < -0.4 is 11.1 Å². The van der Waals surface area contributed by atoms with Crippen molar-refractivity contribution < 1.29 is 4.79 Å². The van der Waals surface area contributed by atoms with E-state index in [-0.39, 0.29) is 11.8 Å². The molecule has 0 aromatic heterocycles. The molecule has 0 aliphatic heterocycles. The number of carbonyl (C=O) groups excluding carboxylic acids is 1. The van der Waals surface area contributed by atoms with Gasteiger partial charge in [-0.15, -0.1) is 0 Å². The van der Waals surface area contributed by atoms with Crippen LogP contribution in [0, 0.1) is 11.8 Å². The normalized spacial score (nSPS) is 25.0. The molecule has 19 heavy (non-hydrogen) atoms. The number of nitrogens with one attached hydrogen (secondary N) is 1. The number of rotatable bonds is 8. The summed E-state index contributed by atoms with van der Waals surface area (Å²) in [7, 11) is 0. The fourth-order valence-electron chi connectivity index (χ4n) is 3.05. The molecule has 0 spiro atoms. The number of unbranched alkanes of at least 4 members (excludes halogenated alkanes) is 3. The molecule has 1 saturated carbocycles. The van der Waals surface area contributed by atoms with Gasteiger partial charge in [-0.05, 0) is 45.1 Å². The first-order valence-electron chi connectivity index (χ1n) is 8.17. The Morgan fingerprint density at radius 1 is 1.32 bits per heavy atom. The lowest BCUT2D eigenvalue weighted by Crippen LogP contribution is -2.39. The van der Waals surface area contributed by atoms with Crippen LogP contribution in [-0.2, 0) is 4.79 Å². The minimum absolute atomic E-state index is 0.209. The molecule has 1 amide bonds. The van der Waals surface area contributed by atoms with E-state index >= 15 is 0 Å². The topological polar surface area (TPSA) is 55.1 Å². The Balaban J connectivity index is 2.21. The van der Waals surface area contributed by atoms with Gasteiger partial charge in [0.1, 0.15) is 0 Å². The highest BCUT2D eigenvalue weighted by molar-refractivity contribution is 5.79. The molecule has 0 radical (unpaired) electrons. The van der Waals surface area contributed by atoms with Gasteiger partial charge in [0.2, 0.25) is 5.91 Å². The zero-order valence-electron chi connectivity index (χ0n) is 12.8. The molecule has 1 aliphatic rings. The van der Waals surface area contributed by atoms with Crippen molar-refractivity contribution in [1.82, 2.24) is 5.32 Å². The van der Waals surface area contributed by atoms with Gasteiger partial charge in [0.25, 0.3) is 0 Å². The third-order valence-corrected chi connectivity index (χ3v) is 4.37. The number of nitrogens with two attached hydrogens (primary N) is 1. The summed E-state index contributed by atoms with van der Waals surface area (Å²) in [5, 5.41) is 3.19. The molecule has 1 aliphatic carbocycles. The van der Waals surface area contributed by atoms with Crippen molar-refractivity contribution in [3.8, 4) is 0 Å². The molecule has 112 valence electrons. The van der Waals surface area contributed by atoms with Crippen LogP contribution in [0.15, 0.2) is 0 Å². The molecule has 0 aromatic rings. The zero-order chi connectivity index (χ0) is 14.1. The van der Waals surface area contributed by atoms with Gasteiger partial charge < -0.3 is 11.1 Å². The van der Waals surface area contributed by atoms with Crippen LogP contribution in [0.2, 0.25) is 0 Å². The van der Waals surface area contributed by atoms with Crippen LogP contribution in [-0.4, -0.2) is 18.5 Å². The van der Waals surface area contributed by atoms with E-state index in [1.807, 2.05) is 0 Å². The van der Waals surface area contributed by atoms with Gasteiger partial charge >= 0.3 is 0 Å². The summed E-state index contributed by atoms with van der Waals surface area (Å²) in [6.07, 6.45) is 10.6. The molecule has 1 fully saturated rings. The molecular formula is C16H32N2O. The van der Waals surface area contributed by atoms with E-state index in [1.165, 1.54) is 32.1 Å². The lowest BCUT2D eigenvalue weighted by molar-refractivity contribution is -0.127. The lowest BCUT2D eigenvalue weighted by atomic mass is 9.81. The van der Waals surface area contributed by atoms with Crippen molar-refractivity contribution in [3.05, 3.63) is 0 Å². The average Bonchev–Trinajstić information content (AvgIpc) is 2.43. The number of carbonyl (C=O) groups is 1. The summed E-state index contributed by atoms with van der Waals surface area (Å²) in [4.78, 5) is 12.2. The molecule has 0 heterocycles. The molecule has 3 atom stereocenters. The van der Waals surface area contributed by atoms with Crippen LogP contribution in [0.4, 0.5) is 0 Å². The molecule has 3 nitrogen and oxygen atoms in total. The zero-order valence-corrected chi connectivity index (χ0v) is 12.8. The van der Waals surface area contributed by atoms with E-state index in [2.05, 4.69) is 19.2 Å². The van der Waals surface area contributed by atoms with E-state index in [0.717, 1.165) is 32.2 Å². The Bertz CT molecular complexity index is 255. The second kappa shape index (κ2) is 9.35. The predicted octanol–water partition coefficient (Wildman–Crippen LogP) is 3.23. The average molecular weight is 268 g/mol. The minimum Gasteiger partial charge on any atom is -0.353 e. The first-order valence-corrected chi connectivity index (χ1v) is 8.17. The molecule has 0 aromatic carbocycles. The highest BCUT2D eigenvalue weighted by Gasteiger charge is 2.26. The highest BCUT2D eigenvalue weighted by Crippen LogP contribution is 2.28. The summed E-state index contributed by atoms with van der Waals surface area (Å²) in [6, 6.07) is 0.322. The minimum atomic E-state index is 0.209. The summed E-state index contributed by atoms with van der Waals surface area (Å²) < 4.78 is 0. The van der Waals surface area contributed by atoms with Crippen molar-refractivity contribution in [3.63, 3.8) is 0 Å². The van der Waals surface area contributed by atoms with Crippen molar-refractivity contribution >= 4 is 5.91 Å². The Labute approximate surface area is 118 Å². The summed E-state index contributed by atoms with van der Waals surface area (Å²) in [6.45, 7) is 5.09. The lowest BCUT2D eigenvalue weighted by Gasteiger charge is -2.28. The van der Waals surface area contributed by atoms with Gasteiger partial charge in [0, 0.05) is 12.0 Å². The fraction of sp³-hybridized carbons (Fsp3) is 0.938. The quantitative estimate of drug-likeness (QED) is 0.664. The van der Waals surface area contributed by atoms with Crippen LogP contribution in [0.25, 0.3) is 0 Å². The molecule has 3 heteroatoms. The molecule has 1 rings (SSSR count). The third-order valence-electron chi connectivity index (χ3n) is 4.37. The monoisotopic (exact) mass is 268 g/mol. The van der Waals surface area contributed by atoms with Crippen LogP contribution >= 0.6 is 0 Å². The number of hydrogen-bond acceptors (Lipinski definition) is 2. The molecule has 0 saturated heterocycles. The van der Waals surface area contributed by atoms with E-state index in [0.29, 0.717) is 12.0 Å². The maximum atomic E-state index is 12.2.